The van der Waals surface area contributed by atoms with Crippen molar-refractivity contribution in [2.45, 2.75) is 20.8 Å². The van der Waals surface area contributed by atoms with Crippen LogP contribution in [0.15, 0.2) is 53.3 Å². The van der Waals surface area contributed by atoms with E-state index in [1.807, 2.05) is 32.0 Å². The monoisotopic (exact) mass is 251 g/mol. The first-order valence-corrected chi connectivity index (χ1v) is 6.33. The van der Waals surface area contributed by atoms with Crippen molar-refractivity contribution in [2.75, 3.05) is 0 Å². The summed E-state index contributed by atoms with van der Waals surface area (Å²) in [6, 6.07) is 16.4. The van der Waals surface area contributed by atoms with Gasteiger partial charge >= 0.3 is 0 Å². The van der Waals surface area contributed by atoms with Crippen molar-refractivity contribution in [1.29, 1.82) is 5.26 Å². The maximum Gasteiger partial charge on any atom is 0.189 e. The molecule has 0 radical (unpaired) electrons. The molecule has 0 aliphatic heterocycles. The van der Waals surface area contributed by atoms with Crippen LogP contribution in [0, 0.1) is 18.3 Å². The molecule has 2 aromatic rings. The minimum Gasteiger partial charge on any atom is -0.289 e. The molecule has 0 amide bonds. The zero-order valence-corrected chi connectivity index (χ0v) is 11.5. The standard InChI is InChI=1S/C15H11NO.C2H6/c1-11-6-2-4-9-14(15(11)17)13-8-5-3-7-12(13)10-16;1-2/h2-9H,1H3;1-2H3. The summed E-state index contributed by atoms with van der Waals surface area (Å²) in [6.07, 6.45) is 0. The molecule has 0 bridgehead atoms. The summed E-state index contributed by atoms with van der Waals surface area (Å²) >= 11 is 0. The van der Waals surface area contributed by atoms with Crippen molar-refractivity contribution in [3.63, 3.8) is 0 Å². The van der Waals surface area contributed by atoms with Crippen molar-refractivity contribution in [1.82, 2.24) is 0 Å². The Kier molecular flexibility index (Phi) is 5.50. The Bertz CT molecular complexity index is 654. The smallest absolute Gasteiger partial charge is 0.189 e. The lowest BCUT2D eigenvalue weighted by Gasteiger charge is -2.00. The lowest BCUT2D eigenvalue weighted by molar-refractivity contribution is 1.42. The van der Waals surface area contributed by atoms with Gasteiger partial charge in [0.2, 0.25) is 0 Å². The second kappa shape index (κ2) is 7.13. The van der Waals surface area contributed by atoms with Crippen LogP contribution in [0.25, 0.3) is 11.1 Å². The van der Waals surface area contributed by atoms with Gasteiger partial charge in [0.05, 0.1) is 11.6 Å². The van der Waals surface area contributed by atoms with Crippen LogP contribution in [0.4, 0.5) is 0 Å². The molecule has 2 aromatic carbocycles. The molecule has 0 aliphatic rings. The molecule has 0 saturated carbocycles. The lowest BCUT2D eigenvalue weighted by Crippen LogP contribution is -2.05. The van der Waals surface area contributed by atoms with Gasteiger partial charge in [0.15, 0.2) is 5.43 Å². The fraction of sp³-hybridized carbons (Fsp3) is 0.176. The van der Waals surface area contributed by atoms with Crippen molar-refractivity contribution < 1.29 is 0 Å². The van der Waals surface area contributed by atoms with Gasteiger partial charge in [-0.15, -0.1) is 0 Å². The van der Waals surface area contributed by atoms with E-state index in [4.69, 9.17) is 5.26 Å². The van der Waals surface area contributed by atoms with Gasteiger partial charge in [-0.25, -0.2) is 0 Å². The summed E-state index contributed by atoms with van der Waals surface area (Å²) in [4.78, 5) is 12.1. The zero-order chi connectivity index (χ0) is 14.3. The molecule has 0 aliphatic carbocycles. The third-order valence-corrected chi connectivity index (χ3v) is 2.66. The lowest BCUT2D eigenvalue weighted by atomic mass is 10.0. The molecule has 0 fully saturated rings. The largest absolute Gasteiger partial charge is 0.289 e. The second-order valence-electron chi connectivity index (χ2n) is 3.80. The van der Waals surface area contributed by atoms with E-state index in [1.165, 1.54) is 0 Å². The highest BCUT2D eigenvalue weighted by Gasteiger charge is 2.07. The summed E-state index contributed by atoms with van der Waals surface area (Å²) in [7, 11) is 0. The average Bonchev–Trinajstić information content (AvgIpc) is 2.64. The van der Waals surface area contributed by atoms with E-state index in [9.17, 15) is 4.79 Å². The van der Waals surface area contributed by atoms with Gasteiger partial charge in [-0.05, 0) is 18.6 Å². The molecule has 0 saturated heterocycles. The van der Waals surface area contributed by atoms with E-state index >= 15 is 0 Å². The van der Waals surface area contributed by atoms with Crippen LogP contribution < -0.4 is 5.43 Å². The van der Waals surface area contributed by atoms with Crippen LogP contribution in [0.3, 0.4) is 0 Å². The zero-order valence-electron chi connectivity index (χ0n) is 11.5. The molecular formula is C17H17NO. The molecule has 19 heavy (non-hydrogen) atoms. The molecule has 0 N–H and O–H groups in total. The van der Waals surface area contributed by atoms with Crippen LogP contribution in [0.2, 0.25) is 0 Å². The minimum atomic E-state index is -0.0299. The molecule has 96 valence electrons. The minimum absolute atomic E-state index is 0.0299. The Morgan fingerprint density at radius 3 is 2.05 bits per heavy atom. The molecule has 2 nitrogen and oxygen atoms in total. The van der Waals surface area contributed by atoms with Gasteiger partial charge in [0, 0.05) is 11.1 Å². The highest BCUT2D eigenvalue weighted by Crippen LogP contribution is 2.19. The summed E-state index contributed by atoms with van der Waals surface area (Å²) in [5.74, 6) is 0. The number of hydrogen-bond donors (Lipinski definition) is 0. The van der Waals surface area contributed by atoms with Crippen LogP contribution in [-0.4, -0.2) is 0 Å². The summed E-state index contributed by atoms with van der Waals surface area (Å²) in [6.45, 7) is 5.78. The third-order valence-electron chi connectivity index (χ3n) is 2.66. The maximum absolute atomic E-state index is 12.1. The van der Waals surface area contributed by atoms with E-state index in [1.54, 1.807) is 37.3 Å². The van der Waals surface area contributed by atoms with E-state index in [0.29, 0.717) is 22.3 Å². The maximum atomic E-state index is 12.1. The molecule has 2 rings (SSSR count). The predicted molar refractivity (Wildman–Crippen MR) is 78.9 cm³/mol. The van der Waals surface area contributed by atoms with Crippen LogP contribution in [0.1, 0.15) is 25.0 Å². The van der Waals surface area contributed by atoms with Gasteiger partial charge in [0.25, 0.3) is 0 Å². The number of aryl methyl sites for hydroxylation is 1. The number of benzene rings is 1. The van der Waals surface area contributed by atoms with Gasteiger partial charge < -0.3 is 0 Å². The van der Waals surface area contributed by atoms with E-state index in [0.717, 1.165) is 0 Å². The normalized spacial score (nSPS) is 8.95. The Balaban J connectivity index is 0.000000861. The van der Waals surface area contributed by atoms with Crippen LogP contribution in [-0.2, 0) is 0 Å². The Hall–Kier alpha value is -2.40. The fourth-order valence-electron chi connectivity index (χ4n) is 1.74. The first-order valence-electron chi connectivity index (χ1n) is 6.33. The van der Waals surface area contributed by atoms with Gasteiger partial charge in [-0.1, -0.05) is 56.3 Å². The molecule has 0 atom stereocenters. The topological polar surface area (TPSA) is 40.9 Å². The van der Waals surface area contributed by atoms with Crippen molar-refractivity contribution >= 4 is 0 Å². The Morgan fingerprint density at radius 2 is 1.42 bits per heavy atom. The molecule has 0 heterocycles. The Morgan fingerprint density at radius 1 is 0.895 bits per heavy atom. The van der Waals surface area contributed by atoms with Crippen molar-refractivity contribution in [2.24, 2.45) is 0 Å². The van der Waals surface area contributed by atoms with E-state index in [2.05, 4.69) is 6.07 Å². The highest BCUT2D eigenvalue weighted by molar-refractivity contribution is 5.70. The summed E-state index contributed by atoms with van der Waals surface area (Å²) < 4.78 is 0. The van der Waals surface area contributed by atoms with E-state index in [-0.39, 0.29) is 5.43 Å². The highest BCUT2D eigenvalue weighted by atomic mass is 16.1. The van der Waals surface area contributed by atoms with Crippen molar-refractivity contribution in [3.8, 4) is 17.2 Å². The molecular weight excluding hydrogens is 234 g/mol. The third kappa shape index (κ3) is 3.29. The van der Waals surface area contributed by atoms with E-state index < -0.39 is 0 Å². The number of hydrogen-bond acceptors (Lipinski definition) is 2. The number of rotatable bonds is 1. The quantitative estimate of drug-likeness (QED) is 0.770. The van der Waals surface area contributed by atoms with Crippen LogP contribution in [0.5, 0.6) is 0 Å². The molecule has 0 spiro atoms. The SMILES string of the molecule is CC.Cc1ccccc(-c2ccccc2C#N)c1=O. The number of nitriles is 1. The average molecular weight is 251 g/mol. The van der Waals surface area contributed by atoms with Crippen molar-refractivity contribution in [3.05, 3.63) is 69.9 Å². The summed E-state index contributed by atoms with van der Waals surface area (Å²) in [5.41, 5.74) is 2.44. The predicted octanol–water partition coefficient (Wildman–Crippen LogP) is 3.92. The Labute approximate surface area is 114 Å². The molecule has 0 unspecified atom stereocenters. The molecule has 2 heteroatoms. The van der Waals surface area contributed by atoms with Gasteiger partial charge in [-0.2, -0.15) is 5.26 Å². The van der Waals surface area contributed by atoms with Gasteiger partial charge in [0.1, 0.15) is 0 Å². The van der Waals surface area contributed by atoms with Crippen LogP contribution >= 0.6 is 0 Å². The summed E-state index contributed by atoms with van der Waals surface area (Å²) in [5, 5.41) is 9.05. The number of nitrogens with zero attached hydrogens (tertiary/aromatic N) is 1. The second-order valence-corrected chi connectivity index (χ2v) is 3.80. The first kappa shape index (κ1) is 14.7. The fourth-order valence-corrected chi connectivity index (χ4v) is 1.74. The molecule has 0 aromatic heterocycles. The van der Waals surface area contributed by atoms with Gasteiger partial charge in [-0.3, -0.25) is 4.79 Å². The first-order chi connectivity index (χ1) is 9.24.